The van der Waals surface area contributed by atoms with Gasteiger partial charge in [0.2, 0.25) is 15.9 Å². The fourth-order valence-corrected chi connectivity index (χ4v) is 5.10. The minimum Gasteiger partial charge on any atom is -0.334 e. The minimum atomic E-state index is -3.66. The van der Waals surface area contributed by atoms with Crippen molar-refractivity contribution in [2.45, 2.75) is 31.2 Å². The molecule has 1 N–H and O–H groups in total. The van der Waals surface area contributed by atoms with Crippen LogP contribution >= 0.6 is 0 Å². The molecule has 3 aromatic rings. The molecule has 1 aliphatic rings. The highest BCUT2D eigenvalue weighted by atomic mass is 32.2. The summed E-state index contributed by atoms with van der Waals surface area (Å²) in [6.07, 6.45) is 5.91. The second kappa shape index (κ2) is 7.60. The maximum atomic E-state index is 12.9. The van der Waals surface area contributed by atoms with Crippen molar-refractivity contribution < 1.29 is 13.2 Å². The van der Waals surface area contributed by atoms with Gasteiger partial charge in [-0.15, -0.1) is 0 Å². The first-order valence-corrected chi connectivity index (χ1v) is 11.1. The van der Waals surface area contributed by atoms with E-state index in [0.717, 1.165) is 11.0 Å². The van der Waals surface area contributed by atoms with E-state index >= 15 is 0 Å². The van der Waals surface area contributed by atoms with Crippen molar-refractivity contribution in [3.05, 3.63) is 36.9 Å². The van der Waals surface area contributed by atoms with Crippen LogP contribution in [0.4, 0.5) is 5.69 Å². The Labute approximate surface area is 169 Å². The number of carbonyl (C=O) groups excluding carboxylic acids is 1. The molecule has 1 amide bonds. The molecular weight excluding hydrogens is 392 g/mol. The third-order valence-electron chi connectivity index (χ3n) is 5.32. The lowest BCUT2D eigenvalue weighted by Crippen LogP contribution is -2.43. The first-order chi connectivity index (χ1) is 13.9. The Bertz CT molecular complexity index is 1150. The average Bonchev–Trinajstić information content (AvgIpc) is 3.36. The molecule has 0 bridgehead atoms. The molecule has 4 rings (SSSR count). The molecule has 1 fully saturated rings. The summed E-state index contributed by atoms with van der Waals surface area (Å²) in [5.74, 6) is -0.572. The number of hydrogen-bond acceptors (Lipinski definition) is 5. The molecule has 1 aliphatic heterocycles. The molecule has 9 nitrogen and oxygen atoms in total. The molecule has 2 aromatic heterocycles. The number of carbonyl (C=O) groups is 1. The van der Waals surface area contributed by atoms with Crippen LogP contribution in [0.25, 0.3) is 11.0 Å². The highest BCUT2D eigenvalue weighted by Gasteiger charge is 2.34. The van der Waals surface area contributed by atoms with Gasteiger partial charge in [-0.25, -0.2) is 13.4 Å². The van der Waals surface area contributed by atoms with Gasteiger partial charge in [0.05, 0.1) is 29.5 Å². The summed E-state index contributed by atoms with van der Waals surface area (Å²) in [5, 5.41) is 6.99. The van der Waals surface area contributed by atoms with Gasteiger partial charge in [0.15, 0.2) is 0 Å². The van der Waals surface area contributed by atoms with Gasteiger partial charge in [-0.3, -0.25) is 9.48 Å². The summed E-state index contributed by atoms with van der Waals surface area (Å²) >= 11 is 0. The first kappa shape index (κ1) is 19.6. The first-order valence-electron chi connectivity index (χ1n) is 9.63. The molecule has 0 aliphatic carbocycles. The minimum absolute atomic E-state index is 0.166. The Morgan fingerprint density at radius 2 is 2.17 bits per heavy atom. The number of nitrogens with one attached hydrogen (secondary N) is 1. The van der Waals surface area contributed by atoms with Crippen molar-refractivity contribution in [2.75, 3.05) is 18.4 Å². The zero-order chi connectivity index (χ0) is 20.6. The van der Waals surface area contributed by atoms with Crippen LogP contribution in [0.2, 0.25) is 0 Å². The Balaban J connectivity index is 1.48. The molecule has 0 unspecified atom stereocenters. The van der Waals surface area contributed by atoms with E-state index in [4.69, 9.17) is 0 Å². The number of nitrogens with zero attached hydrogens (tertiary/aromatic N) is 5. The average molecular weight is 417 g/mol. The predicted octanol–water partition coefficient (Wildman–Crippen LogP) is 1.83. The van der Waals surface area contributed by atoms with Crippen LogP contribution in [-0.4, -0.2) is 51.1 Å². The van der Waals surface area contributed by atoms with E-state index in [1.807, 2.05) is 36.7 Å². The van der Waals surface area contributed by atoms with Gasteiger partial charge in [-0.05, 0) is 38.0 Å². The number of hydrogen-bond donors (Lipinski definition) is 1. The van der Waals surface area contributed by atoms with Crippen molar-refractivity contribution in [1.29, 1.82) is 0 Å². The Morgan fingerprint density at radius 3 is 2.93 bits per heavy atom. The van der Waals surface area contributed by atoms with E-state index in [1.54, 1.807) is 11.0 Å². The van der Waals surface area contributed by atoms with Crippen molar-refractivity contribution in [3.8, 4) is 0 Å². The van der Waals surface area contributed by atoms with Gasteiger partial charge in [0.25, 0.3) is 0 Å². The lowest BCUT2D eigenvalue weighted by molar-refractivity contribution is -0.120. The Hall–Kier alpha value is -2.72. The van der Waals surface area contributed by atoms with Gasteiger partial charge >= 0.3 is 0 Å². The van der Waals surface area contributed by atoms with Crippen molar-refractivity contribution >= 4 is 32.7 Å². The number of sulfonamides is 1. The van der Waals surface area contributed by atoms with Gasteiger partial charge in [0, 0.05) is 38.6 Å². The summed E-state index contributed by atoms with van der Waals surface area (Å²) in [6, 6.07) is 5.54. The summed E-state index contributed by atoms with van der Waals surface area (Å²) in [6.45, 7) is 3.07. The van der Waals surface area contributed by atoms with Crippen LogP contribution in [0.1, 0.15) is 19.8 Å². The van der Waals surface area contributed by atoms with E-state index in [2.05, 4.69) is 15.4 Å². The number of piperidine rings is 1. The summed E-state index contributed by atoms with van der Waals surface area (Å²) < 4.78 is 30.7. The van der Waals surface area contributed by atoms with E-state index in [-0.39, 0.29) is 17.3 Å². The van der Waals surface area contributed by atoms with Crippen LogP contribution in [0, 0.1) is 5.92 Å². The second-order valence-corrected chi connectivity index (χ2v) is 9.22. The van der Waals surface area contributed by atoms with Crippen molar-refractivity contribution in [2.24, 2.45) is 13.0 Å². The zero-order valence-electron chi connectivity index (χ0n) is 16.4. The normalized spacial score (nSPS) is 18.2. The Kier molecular flexibility index (Phi) is 5.13. The number of rotatable bonds is 5. The van der Waals surface area contributed by atoms with E-state index < -0.39 is 15.9 Å². The molecule has 1 aromatic carbocycles. The standard InChI is InChI=1S/C19H24N6O3S/c1-3-24-12-16(10-21-24)29(27,28)25-8-4-5-14(11-25)19(26)22-15-6-7-17-18(9-15)23(2)13-20-17/h6-7,9-10,12-14H,3-5,8,11H2,1-2H3,(H,22,26)/t14-/m0/s1. The lowest BCUT2D eigenvalue weighted by Gasteiger charge is -2.30. The van der Waals surface area contributed by atoms with Gasteiger partial charge in [0.1, 0.15) is 4.90 Å². The van der Waals surface area contributed by atoms with Crippen LogP contribution in [0.15, 0.2) is 41.8 Å². The zero-order valence-corrected chi connectivity index (χ0v) is 17.3. The molecule has 3 heterocycles. The smallest absolute Gasteiger partial charge is 0.246 e. The number of aryl methyl sites for hydroxylation is 2. The van der Waals surface area contributed by atoms with Crippen LogP contribution in [-0.2, 0) is 28.4 Å². The molecule has 0 radical (unpaired) electrons. The number of anilines is 1. The fourth-order valence-electron chi connectivity index (χ4n) is 3.62. The highest BCUT2D eigenvalue weighted by Crippen LogP contribution is 2.25. The van der Waals surface area contributed by atoms with Gasteiger partial charge in [-0.2, -0.15) is 9.40 Å². The largest absolute Gasteiger partial charge is 0.334 e. The lowest BCUT2D eigenvalue weighted by atomic mass is 9.98. The molecule has 0 saturated carbocycles. The third-order valence-corrected chi connectivity index (χ3v) is 7.14. The molecular formula is C19H24N6O3S. The molecule has 0 spiro atoms. The van der Waals surface area contributed by atoms with Crippen LogP contribution in [0.5, 0.6) is 0 Å². The van der Waals surface area contributed by atoms with Crippen molar-refractivity contribution in [1.82, 2.24) is 23.6 Å². The van der Waals surface area contributed by atoms with Crippen LogP contribution < -0.4 is 5.32 Å². The van der Waals surface area contributed by atoms with E-state index in [1.165, 1.54) is 16.7 Å². The van der Waals surface area contributed by atoms with Crippen molar-refractivity contribution in [3.63, 3.8) is 0 Å². The predicted molar refractivity (Wildman–Crippen MR) is 109 cm³/mol. The topological polar surface area (TPSA) is 102 Å². The highest BCUT2D eigenvalue weighted by molar-refractivity contribution is 7.89. The molecule has 1 atom stereocenters. The molecule has 10 heteroatoms. The number of benzene rings is 1. The summed E-state index contributed by atoms with van der Waals surface area (Å²) in [7, 11) is -1.76. The maximum Gasteiger partial charge on any atom is 0.246 e. The summed E-state index contributed by atoms with van der Waals surface area (Å²) in [4.78, 5) is 17.3. The number of amides is 1. The van der Waals surface area contributed by atoms with Gasteiger partial charge < -0.3 is 9.88 Å². The van der Waals surface area contributed by atoms with Crippen LogP contribution in [0.3, 0.4) is 0 Å². The Morgan fingerprint density at radius 1 is 1.34 bits per heavy atom. The number of imidazole rings is 1. The molecule has 1 saturated heterocycles. The number of fused-ring (bicyclic) bond motifs is 1. The third kappa shape index (κ3) is 3.77. The second-order valence-electron chi connectivity index (χ2n) is 7.28. The monoisotopic (exact) mass is 416 g/mol. The van der Waals surface area contributed by atoms with E-state index in [0.29, 0.717) is 31.6 Å². The number of aromatic nitrogens is 4. The molecule has 29 heavy (non-hydrogen) atoms. The van der Waals surface area contributed by atoms with E-state index in [9.17, 15) is 13.2 Å². The maximum absolute atomic E-state index is 12.9. The van der Waals surface area contributed by atoms with Gasteiger partial charge in [-0.1, -0.05) is 0 Å². The quantitative estimate of drug-likeness (QED) is 0.684. The summed E-state index contributed by atoms with van der Waals surface area (Å²) in [5.41, 5.74) is 2.45. The fraction of sp³-hybridized carbons (Fsp3) is 0.421. The molecule has 154 valence electrons. The SMILES string of the molecule is CCn1cc(S(=O)(=O)N2CCC[C@H](C(=O)Nc3ccc4ncn(C)c4c3)C2)cn1.